The van der Waals surface area contributed by atoms with Crippen LogP contribution in [-0.2, 0) is 9.59 Å². The normalized spacial score (nSPS) is 25.6. The second kappa shape index (κ2) is 6.66. The van der Waals surface area contributed by atoms with Crippen molar-refractivity contribution in [2.45, 2.75) is 50.6 Å². The summed E-state index contributed by atoms with van der Waals surface area (Å²) >= 11 is 1.74. The zero-order chi connectivity index (χ0) is 14.6. The monoisotopic (exact) mass is 296 g/mol. The molecule has 1 heterocycles. The van der Waals surface area contributed by atoms with Gasteiger partial charge in [-0.05, 0) is 19.8 Å². The van der Waals surface area contributed by atoms with E-state index < -0.39 is 5.54 Å². The Morgan fingerprint density at radius 3 is 2.75 bits per heavy atom. The maximum Gasteiger partial charge on any atom is 0.249 e. The highest BCUT2D eigenvalue weighted by molar-refractivity contribution is 7.99. The molecule has 20 heavy (non-hydrogen) atoms. The lowest BCUT2D eigenvalue weighted by molar-refractivity contribution is -0.155. The molecule has 1 unspecified atom stereocenters. The topological polar surface area (TPSA) is 49.4 Å². The quantitative estimate of drug-likeness (QED) is 0.623. The van der Waals surface area contributed by atoms with E-state index in [1.165, 1.54) is 0 Å². The number of rotatable bonds is 5. The molecule has 2 fully saturated rings. The van der Waals surface area contributed by atoms with Gasteiger partial charge in [-0.15, -0.1) is 6.58 Å². The summed E-state index contributed by atoms with van der Waals surface area (Å²) < 4.78 is 0. The van der Waals surface area contributed by atoms with Gasteiger partial charge in [0.1, 0.15) is 11.6 Å². The fraction of sp³-hybridized carbons (Fsp3) is 0.733. The van der Waals surface area contributed by atoms with Crippen molar-refractivity contribution in [1.82, 2.24) is 10.2 Å². The van der Waals surface area contributed by atoms with E-state index in [9.17, 15) is 9.59 Å². The minimum Gasteiger partial charge on any atom is -0.340 e. The SMILES string of the molecule is C=CCSCCN1C(=O)C2(CCCCC2)NC(=O)C1C. The summed E-state index contributed by atoms with van der Waals surface area (Å²) in [6.45, 7) is 6.16. The van der Waals surface area contributed by atoms with Crippen molar-refractivity contribution in [2.75, 3.05) is 18.1 Å². The Balaban J connectivity index is 2.05. The van der Waals surface area contributed by atoms with Gasteiger partial charge in [0.15, 0.2) is 0 Å². The highest BCUT2D eigenvalue weighted by Crippen LogP contribution is 2.33. The number of nitrogens with zero attached hydrogens (tertiary/aromatic N) is 1. The molecular formula is C15H24N2O2S. The molecule has 0 radical (unpaired) electrons. The molecule has 2 amide bonds. The standard InChI is InChI=1S/C15H24N2O2S/c1-3-10-20-11-9-17-12(2)13(18)16-15(14(17)19)7-5-4-6-8-15/h3,12H,1,4-11H2,2H3,(H,16,18). The van der Waals surface area contributed by atoms with E-state index in [1.807, 2.05) is 13.0 Å². The second-order valence-electron chi connectivity index (χ2n) is 5.67. The minimum atomic E-state index is -0.606. The fourth-order valence-corrected chi connectivity index (χ4v) is 3.76. The predicted octanol–water partition coefficient (Wildman–Crippen LogP) is 1.96. The van der Waals surface area contributed by atoms with Gasteiger partial charge in [0.2, 0.25) is 11.8 Å². The number of carbonyl (C=O) groups excluding carboxylic acids is 2. The second-order valence-corrected chi connectivity index (χ2v) is 6.82. The number of thioether (sulfide) groups is 1. The maximum atomic E-state index is 12.8. The number of amides is 2. The summed E-state index contributed by atoms with van der Waals surface area (Å²) in [5.74, 6) is 1.86. The summed E-state index contributed by atoms with van der Waals surface area (Å²) in [6.07, 6.45) is 6.66. The largest absolute Gasteiger partial charge is 0.340 e. The number of hydrogen-bond acceptors (Lipinski definition) is 3. The highest BCUT2D eigenvalue weighted by Gasteiger charge is 2.49. The molecule has 1 saturated heterocycles. The number of hydrogen-bond donors (Lipinski definition) is 1. The number of carbonyl (C=O) groups is 2. The molecule has 0 aromatic heterocycles. The first-order chi connectivity index (χ1) is 9.60. The van der Waals surface area contributed by atoms with Crippen molar-refractivity contribution >= 4 is 23.6 Å². The van der Waals surface area contributed by atoms with Gasteiger partial charge in [-0.25, -0.2) is 0 Å². The lowest BCUT2D eigenvalue weighted by Crippen LogP contribution is -2.70. The summed E-state index contributed by atoms with van der Waals surface area (Å²) in [4.78, 5) is 26.8. The van der Waals surface area contributed by atoms with E-state index in [0.717, 1.165) is 43.6 Å². The van der Waals surface area contributed by atoms with Gasteiger partial charge in [0, 0.05) is 18.1 Å². The lowest BCUT2D eigenvalue weighted by atomic mass is 9.78. The molecule has 4 nitrogen and oxygen atoms in total. The van der Waals surface area contributed by atoms with E-state index in [4.69, 9.17) is 0 Å². The summed E-state index contributed by atoms with van der Waals surface area (Å²) in [5.41, 5.74) is -0.606. The van der Waals surface area contributed by atoms with Gasteiger partial charge < -0.3 is 10.2 Å². The van der Waals surface area contributed by atoms with Gasteiger partial charge in [-0.3, -0.25) is 9.59 Å². The fourth-order valence-electron chi connectivity index (χ4n) is 3.11. The Morgan fingerprint density at radius 2 is 2.10 bits per heavy atom. The van der Waals surface area contributed by atoms with Crippen LogP contribution >= 0.6 is 11.8 Å². The van der Waals surface area contributed by atoms with Crippen LogP contribution in [0.25, 0.3) is 0 Å². The Hall–Kier alpha value is -0.970. The molecule has 1 aliphatic carbocycles. The Bertz CT molecular complexity index is 391. The van der Waals surface area contributed by atoms with Crippen molar-refractivity contribution in [2.24, 2.45) is 0 Å². The molecule has 112 valence electrons. The number of nitrogens with one attached hydrogen (secondary N) is 1. The minimum absolute atomic E-state index is 0.000204. The summed E-state index contributed by atoms with van der Waals surface area (Å²) in [7, 11) is 0. The van der Waals surface area contributed by atoms with Crippen molar-refractivity contribution in [3.05, 3.63) is 12.7 Å². The van der Waals surface area contributed by atoms with Crippen LogP contribution in [0.2, 0.25) is 0 Å². The third-order valence-electron chi connectivity index (χ3n) is 4.30. The van der Waals surface area contributed by atoms with Crippen LogP contribution in [0.4, 0.5) is 0 Å². The molecular weight excluding hydrogens is 272 g/mol. The van der Waals surface area contributed by atoms with Crippen LogP contribution in [0.5, 0.6) is 0 Å². The van der Waals surface area contributed by atoms with E-state index in [1.54, 1.807) is 16.7 Å². The zero-order valence-corrected chi connectivity index (χ0v) is 13.0. The molecule has 1 saturated carbocycles. The van der Waals surface area contributed by atoms with Gasteiger partial charge in [0.25, 0.3) is 0 Å². The van der Waals surface area contributed by atoms with Gasteiger partial charge in [-0.2, -0.15) is 11.8 Å². The van der Waals surface area contributed by atoms with Crippen molar-refractivity contribution < 1.29 is 9.59 Å². The molecule has 2 aliphatic rings. The lowest BCUT2D eigenvalue weighted by Gasteiger charge is -2.46. The van der Waals surface area contributed by atoms with Crippen LogP contribution in [-0.4, -0.2) is 46.3 Å². The summed E-state index contributed by atoms with van der Waals surface area (Å²) in [5, 5.41) is 3.01. The first-order valence-corrected chi connectivity index (χ1v) is 8.58. The molecule has 5 heteroatoms. The molecule has 1 N–H and O–H groups in total. The third kappa shape index (κ3) is 3.03. The molecule has 0 bridgehead atoms. The molecule has 0 aromatic rings. The molecule has 0 aromatic carbocycles. The smallest absolute Gasteiger partial charge is 0.249 e. The van der Waals surface area contributed by atoms with E-state index in [0.29, 0.717) is 6.54 Å². The third-order valence-corrected chi connectivity index (χ3v) is 5.24. The van der Waals surface area contributed by atoms with Crippen LogP contribution in [0, 0.1) is 0 Å². The first-order valence-electron chi connectivity index (χ1n) is 7.42. The average molecular weight is 296 g/mol. The summed E-state index contributed by atoms with van der Waals surface area (Å²) in [6, 6.07) is -0.348. The molecule has 1 atom stereocenters. The van der Waals surface area contributed by atoms with Crippen LogP contribution in [0.1, 0.15) is 39.0 Å². The molecule has 1 spiro atoms. The average Bonchev–Trinajstić information content (AvgIpc) is 2.46. The van der Waals surface area contributed by atoms with Gasteiger partial charge in [-0.1, -0.05) is 25.3 Å². The van der Waals surface area contributed by atoms with Crippen molar-refractivity contribution in [1.29, 1.82) is 0 Å². The first kappa shape index (κ1) is 15.4. The van der Waals surface area contributed by atoms with E-state index >= 15 is 0 Å². The highest BCUT2D eigenvalue weighted by atomic mass is 32.2. The van der Waals surface area contributed by atoms with Crippen LogP contribution in [0.3, 0.4) is 0 Å². The maximum absolute atomic E-state index is 12.8. The van der Waals surface area contributed by atoms with Crippen molar-refractivity contribution in [3.8, 4) is 0 Å². The number of piperazine rings is 1. The molecule has 2 rings (SSSR count). The Labute approximate surface area is 125 Å². The molecule has 1 aliphatic heterocycles. The predicted molar refractivity (Wildman–Crippen MR) is 82.7 cm³/mol. The zero-order valence-electron chi connectivity index (χ0n) is 12.2. The Morgan fingerprint density at radius 1 is 1.40 bits per heavy atom. The van der Waals surface area contributed by atoms with Gasteiger partial charge in [0.05, 0.1) is 0 Å². The van der Waals surface area contributed by atoms with Gasteiger partial charge >= 0.3 is 0 Å². The Kier molecular flexibility index (Phi) is 5.13. The van der Waals surface area contributed by atoms with E-state index in [-0.39, 0.29) is 17.9 Å². The van der Waals surface area contributed by atoms with E-state index in [2.05, 4.69) is 11.9 Å². The van der Waals surface area contributed by atoms with Crippen molar-refractivity contribution in [3.63, 3.8) is 0 Å². The van der Waals surface area contributed by atoms with Crippen LogP contribution < -0.4 is 5.32 Å². The van der Waals surface area contributed by atoms with Crippen LogP contribution in [0.15, 0.2) is 12.7 Å².